The zero-order chi connectivity index (χ0) is 25.0. The van der Waals surface area contributed by atoms with Gasteiger partial charge in [0.2, 0.25) is 0 Å². The highest BCUT2D eigenvalue weighted by Crippen LogP contribution is 2.34. The number of anilines is 1. The Morgan fingerprint density at radius 2 is 1.66 bits per heavy atom. The lowest BCUT2D eigenvalue weighted by Gasteiger charge is -2.27. The molecule has 1 saturated carbocycles. The van der Waals surface area contributed by atoms with Crippen molar-refractivity contribution < 1.29 is 17.9 Å². The minimum Gasteiger partial charge on any atom is -0.495 e. The Kier molecular flexibility index (Phi) is 7.45. The minimum absolute atomic E-state index is 0.0745. The van der Waals surface area contributed by atoms with Crippen molar-refractivity contribution >= 4 is 21.6 Å². The molecule has 3 aromatic carbocycles. The summed E-state index contributed by atoms with van der Waals surface area (Å²) < 4.78 is 34.9. The Morgan fingerprint density at radius 3 is 2.31 bits per heavy atom. The van der Waals surface area contributed by atoms with E-state index in [1.807, 2.05) is 35.2 Å². The fraction of sp³-hybridized carbons (Fsp3) is 0.321. The van der Waals surface area contributed by atoms with Crippen LogP contribution in [0.3, 0.4) is 0 Å². The number of nitrogens with zero attached hydrogens (tertiary/aromatic N) is 2. The highest BCUT2D eigenvalue weighted by Gasteiger charge is 2.34. The van der Waals surface area contributed by atoms with E-state index in [0.29, 0.717) is 29.5 Å². The molecule has 0 aliphatic heterocycles. The van der Waals surface area contributed by atoms with Gasteiger partial charge in [0.25, 0.3) is 15.9 Å². The Hall–Kier alpha value is -3.32. The van der Waals surface area contributed by atoms with Crippen LogP contribution in [0.2, 0.25) is 0 Å². The van der Waals surface area contributed by atoms with Gasteiger partial charge in [0.1, 0.15) is 5.75 Å². The molecule has 0 heterocycles. The first kappa shape index (κ1) is 24.8. The fourth-order valence-electron chi connectivity index (χ4n) is 4.14. The van der Waals surface area contributed by atoms with E-state index in [-0.39, 0.29) is 23.4 Å². The third kappa shape index (κ3) is 5.68. The van der Waals surface area contributed by atoms with E-state index >= 15 is 0 Å². The van der Waals surface area contributed by atoms with Crippen molar-refractivity contribution in [1.29, 1.82) is 0 Å². The zero-order valence-corrected chi connectivity index (χ0v) is 21.2. The smallest absolute Gasteiger partial charge is 0.264 e. The third-order valence-corrected chi connectivity index (χ3v) is 7.76. The average Bonchev–Trinajstić information content (AvgIpc) is 3.71. The number of carbonyl (C=O) groups is 1. The van der Waals surface area contributed by atoms with E-state index in [1.54, 1.807) is 42.5 Å². The maximum atomic E-state index is 14.0. The predicted molar refractivity (Wildman–Crippen MR) is 138 cm³/mol. The highest BCUT2D eigenvalue weighted by atomic mass is 32.2. The number of carbonyl (C=O) groups excluding carboxylic acids is 1. The lowest BCUT2D eigenvalue weighted by atomic mass is 10.1. The number of sulfonamides is 1. The highest BCUT2D eigenvalue weighted by molar-refractivity contribution is 7.92. The van der Waals surface area contributed by atoms with Crippen LogP contribution in [0.1, 0.15) is 42.6 Å². The number of hydrogen-bond acceptors (Lipinski definition) is 4. The molecule has 7 heteroatoms. The van der Waals surface area contributed by atoms with E-state index in [4.69, 9.17) is 4.74 Å². The lowest BCUT2D eigenvalue weighted by Crippen LogP contribution is -2.36. The number of benzene rings is 3. The molecule has 0 aromatic heterocycles. The molecule has 6 nitrogen and oxygen atoms in total. The number of methoxy groups -OCH3 is 1. The zero-order valence-electron chi connectivity index (χ0n) is 20.4. The Labute approximate surface area is 208 Å². The molecule has 0 unspecified atom stereocenters. The number of hydrogen-bond donors (Lipinski definition) is 0. The van der Waals surface area contributed by atoms with Gasteiger partial charge < -0.3 is 9.64 Å². The third-order valence-electron chi connectivity index (χ3n) is 6.00. The molecule has 184 valence electrons. The van der Waals surface area contributed by atoms with Gasteiger partial charge in [0, 0.05) is 18.2 Å². The van der Waals surface area contributed by atoms with Crippen molar-refractivity contribution in [2.75, 3.05) is 18.0 Å². The van der Waals surface area contributed by atoms with Crippen LogP contribution in [0.15, 0.2) is 83.8 Å². The summed E-state index contributed by atoms with van der Waals surface area (Å²) in [6, 6.07) is 23.1. The first-order chi connectivity index (χ1) is 16.8. The lowest BCUT2D eigenvalue weighted by molar-refractivity contribution is 0.0722. The Morgan fingerprint density at radius 1 is 0.971 bits per heavy atom. The van der Waals surface area contributed by atoms with Crippen LogP contribution in [0.4, 0.5) is 5.69 Å². The molecular weight excluding hydrogens is 460 g/mol. The minimum atomic E-state index is -4.01. The summed E-state index contributed by atoms with van der Waals surface area (Å²) in [5, 5.41) is 0. The molecule has 1 amide bonds. The van der Waals surface area contributed by atoms with Gasteiger partial charge in [-0.05, 0) is 54.7 Å². The summed E-state index contributed by atoms with van der Waals surface area (Å²) in [5.41, 5.74) is 1.67. The van der Waals surface area contributed by atoms with Crippen molar-refractivity contribution in [2.45, 2.75) is 44.2 Å². The molecule has 0 spiro atoms. The molecule has 0 bridgehead atoms. The normalized spacial score (nSPS) is 13.5. The van der Waals surface area contributed by atoms with E-state index in [0.717, 1.165) is 18.4 Å². The molecule has 3 aromatic rings. The van der Waals surface area contributed by atoms with Crippen molar-refractivity contribution in [3.63, 3.8) is 0 Å². The second-order valence-corrected chi connectivity index (χ2v) is 11.1. The summed E-state index contributed by atoms with van der Waals surface area (Å²) in [6.45, 7) is 4.95. The maximum Gasteiger partial charge on any atom is 0.264 e. The second kappa shape index (κ2) is 10.5. The fourth-order valence-corrected chi connectivity index (χ4v) is 5.65. The molecule has 0 N–H and O–H groups in total. The van der Waals surface area contributed by atoms with Gasteiger partial charge in [-0.2, -0.15) is 0 Å². The summed E-state index contributed by atoms with van der Waals surface area (Å²) in [4.78, 5) is 15.3. The van der Waals surface area contributed by atoms with Crippen LogP contribution in [-0.2, 0) is 16.6 Å². The number of para-hydroxylation sites is 2. The largest absolute Gasteiger partial charge is 0.495 e. The molecule has 1 fully saturated rings. The van der Waals surface area contributed by atoms with E-state index in [1.165, 1.54) is 17.5 Å². The van der Waals surface area contributed by atoms with E-state index < -0.39 is 10.0 Å². The molecule has 35 heavy (non-hydrogen) atoms. The summed E-state index contributed by atoms with van der Waals surface area (Å²) in [5.74, 6) is 0.666. The van der Waals surface area contributed by atoms with Crippen molar-refractivity contribution in [3.8, 4) is 5.75 Å². The molecule has 1 aliphatic rings. The van der Waals surface area contributed by atoms with E-state index in [9.17, 15) is 13.2 Å². The van der Waals surface area contributed by atoms with Crippen LogP contribution < -0.4 is 9.04 Å². The monoisotopic (exact) mass is 492 g/mol. The summed E-state index contributed by atoms with van der Waals surface area (Å²) in [7, 11) is -2.49. The van der Waals surface area contributed by atoms with Crippen LogP contribution in [0, 0.1) is 5.92 Å². The molecule has 1 aliphatic carbocycles. The maximum absolute atomic E-state index is 14.0. The van der Waals surface area contributed by atoms with Crippen LogP contribution >= 0.6 is 0 Å². The molecular formula is C28H32N2O4S. The van der Waals surface area contributed by atoms with Crippen LogP contribution in [0.5, 0.6) is 5.75 Å². The van der Waals surface area contributed by atoms with Gasteiger partial charge in [-0.1, -0.05) is 62.4 Å². The molecule has 0 atom stereocenters. The van der Waals surface area contributed by atoms with Crippen molar-refractivity contribution in [3.05, 3.63) is 90.0 Å². The van der Waals surface area contributed by atoms with Gasteiger partial charge >= 0.3 is 0 Å². The van der Waals surface area contributed by atoms with Gasteiger partial charge in [0.05, 0.1) is 24.2 Å². The van der Waals surface area contributed by atoms with Crippen LogP contribution in [-0.4, -0.2) is 38.9 Å². The van der Waals surface area contributed by atoms with Gasteiger partial charge in [-0.15, -0.1) is 0 Å². The predicted octanol–water partition coefficient (Wildman–Crippen LogP) is 5.35. The molecule has 4 rings (SSSR count). The standard InChI is InChI=1S/C28H32N2O4S/c1-21(2)19-29(24-16-17-24)28(31)23-12-9-13-25(18-23)35(32,33)30(20-22-10-5-4-6-11-22)26-14-7-8-15-27(26)34-3/h4-15,18,21,24H,16-17,19-20H2,1-3H3. The molecule has 0 saturated heterocycles. The SMILES string of the molecule is COc1ccccc1N(Cc1ccccc1)S(=O)(=O)c1cccc(C(=O)N(CC(C)C)C2CC2)c1. The summed E-state index contributed by atoms with van der Waals surface area (Å²) >= 11 is 0. The average molecular weight is 493 g/mol. The van der Waals surface area contributed by atoms with Gasteiger partial charge in [-0.25, -0.2) is 8.42 Å². The topological polar surface area (TPSA) is 66.9 Å². The number of ether oxygens (including phenoxy) is 1. The molecule has 0 radical (unpaired) electrons. The Balaban J connectivity index is 1.74. The first-order valence-electron chi connectivity index (χ1n) is 11.9. The van der Waals surface area contributed by atoms with Crippen LogP contribution in [0.25, 0.3) is 0 Å². The first-order valence-corrected chi connectivity index (χ1v) is 13.4. The van der Waals surface area contributed by atoms with Crippen molar-refractivity contribution in [2.24, 2.45) is 5.92 Å². The summed E-state index contributed by atoms with van der Waals surface area (Å²) in [6.07, 6.45) is 1.99. The number of amides is 1. The van der Waals surface area contributed by atoms with Gasteiger partial charge in [0.15, 0.2) is 0 Å². The van der Waals surface area contributed by atoms with Gasteiger partial charge in [-0.3, -0.25) is 9.10 Å². The van der Waals surface area contributed by atoms with E-state index in [2.05, 4.69) is 13.8 Å². The number of rotatable bonds is 10. The second-order valence-electron chi connectivity index (χ2n) is 9.28. The quantitative estimate of drug-likeness (QED) is 0.383. The Bertz CT molecular complexity index is 1270. The van der Waals surface area contributed by atoms with Crippen molar-refractivity contribution in [1.82, 2.24) is 4.90 Å².